The maximum atomic E-state index is 15.2. The fraction of sp³-hybridized carbons (Fsp3) is 0.622. The summed E-state index contributed by atoms with van der Waals surface area (Å²) in [6.07, 6.45) is -16.2. The van der Waals surface area contributed by atoms with Gasteiger partial charge in [0, 0.05) is 161 Å². The lowest BCUT2D eigenvalue weighted by atomic mass is 9.80. The van der Waals surface area contributed by atoms with Gasteiger partial charge in [0.05, 0.1) is 20.8 Å². The molecule has 3 aliphatic rings. The van der Waals surface area contributed by atoms with Crippen molar-refractivity contribution in [3.05, 3.63) is 95.6 Å². The van der Waals surface area contributed by atoms with Gasteiger partial charge < -0.3 is 127 Å². The number of carbonyl (C=O) groups excluding carboxylic acids is 16. The Labute approximate surface area is 765 Å². The van der Waals surface area contributed by atoms with Gasteiger partial charge in [0.15, 0.2) is 61.6 Å². The zero-order valence-electron chi connectivity index (χ0n) is 77.1. The van der Waals surface area contributed by atoms with Crippen LogP contribution in [-0.2, 0) is 158 Å². The van der Waals surface area contributed by atoms with Gasteiger partial charge in [0.25, 0.3) is 5.91 Å². The highest BCUT2D eigenvalue weighted by Crippen LogP contribution is 2.42. The van der Waals surface area contributed by atoms with Gasteiger partial charge in [0.2, 0.25) is 35.4 Å². The SMILES string of the molecule is COc1ccc(C(OCC(O)C(=O)N(CCCNC(=O)CCCCO[C@@H]2OC(COC(C)=O)[C@H](OC(C)=O)[C@H](OC(C)=O)C2NC(C)=O)CCCN(CCCNC(=O)CCCCO[C@@H]2OC(COC(C)=O)[C@H](OC(C)=O)[C@H](OC(C)=O)C2NC(C)=O)C(=O)CCCCO[C@@H]2OC(COC(C)=O)[C@H](OC(C)=O)[C@H](OC(C)=O)C2NC(C)=O)(c2ccccc2)c2ccc(OC)cc2)cc1. The highest BCUT2D eigenvalue weighted by Gasteiger charge is 2.55. The predicted molar refractivity (Wildman–Crippen MR) is 459 cm³/mol. The Hall–Kier alpha value is -11.5. The molecule has 732 valence electrons. The number of nitrogens with zero attached hydrogens (tertiary/aromatic N) is 2. The second kappa shape index (κ2) is 56.4. The minimum absolute atomic E-state index is 0.00642. The first-order valence-corrected chi connectivity index (χ1v) is 43.7. The van der Waals surface area contributed by atoms with Gasteiger partial charge in [-0.2, -0.15) is 0 Å². The zero-order chi connectivity index (χ0) is 97.2. The standard InChI is InChI=1S/C90H127N7O35/c1-53(98)93-77-83(127-62(10)107)80(124-59(7)104)71(50-120-56(4)101)130-87(77)117-46-21-18-29-74(111)91-40-24-42-96(76(113)31-20-23-48-119-89-79(95-55(3)100)85(129-64(12)109)82(126-61(9)106)73(132-89)52-122-58(6)103)44-26-45-97(86(114)70(110)49-123-90(65-27-16-15-17-28-65,66-32-36-68(115-13)37-33-66)67-34-38-69(116-14)39-35-67)43-25-41-92-75(112)30-19-22-47-118-88-78(94-54(2)99)84(128-63(11)108)81(125-60(8)105)72(131-88)51-121-57(5)102/h15-17,27-28,32-39,70-73,77-85,87-89,110H,18-26,29-31,40-52H2,1-14H3,(H,91,111)(H,92,112)(H,93,98)(H,94,99)(H,95,100)/t70?,71?,72?,73?,77?,78?,79?,80-,81-,82-,83+,84+,85+,87+,88+,89+/m0/s1. The molecule has 0 spiro atoms. The number of carbonyl (C=O) groups is 16. The van der Waals surface area contributed by atoms with E-state index in [0.29, 0.717) is 28.2 Å². The van der Waals surface area contributed by atoms with Crippen molar-refractivity contribution in [2.45, 2.75) is 264 Å². The van der Waals surface area contributed by atoms with Gasteiger partial charge in [0.1, 0.15) is 73.4 Å². The second-order valence-electron chi connectivity index (χ2n) is 31.4. The van der Waals surface area contributed by atoms with Crippen molar-refractivity contribution < 1.29 is 167 Å². The first-order chi connectivity index (χ1) is 62.8. The molecule has 7 unspecified atom stereocenters. The Morgan fingerprint density at radius 3 is 1.01 bits per heavy atom. The zero-order valence-corrected chi connectivity index (χ0v) is 77.1. The van der Waals surface area contributed by atoms with Gasteiger partial charge in [-0.25, -0.2) is 0 Å². The Kier molecular flexibility index (Phi) is 46.6. The molecule has 3 heterocycles. The molecule has 3 aliphatic heterocycles. The lowest BCUT2D eigenvalue weighted by Gasteiger charge is -2.44. The van der Waals surface area contributed by atoms with Crippen molar-refractivity contribution >= 4 is 95.1 Å². The molecular formula is C90H127N7O35. The molecule has 132 heavy (non-hydrogen) atoms. The number of methoxy groups -OCH3 is 2. The van der Waals surface area contributed by atoms with Crippen LogP contribution < -0.4 is 36.1 Å². The molecule has 3 saturated heterocycles. The summed E-state index contributed by atoms with van der Waals surface area (Å²) in [7, 11) is 3.05. The lowest BCUT2D eigenvalue weighted by molar-refractivity contribution is -0.277. The highest BCUT2D eigenvalue weighted by atomic mass is 16.7. The number of hydrogen-bond donors (Lipinski definition) is 6. The van der Waals surface area contributed by atoms with E-state index in [0.717, 1.165) is 62.3 Å². The van der Waals surface area contributed by atoms with Crippen LogP contribution in [0.1, 0.15) is 177 Å². The molecule has 6 rings (SSSR count). The van der Waals surface area contributed by atoms with Crippen LogP contribution >= 0.6 is 0 Å². The van der Waals surface area contributed by atoms with Crippen LogP contribution in [0.2, 0.25) is 0 Å². The summed E-state index contributed by atoms with van der Waals surface area (Å²) in [6, 6.07) is 19.7. The Balaban J connectivity index is 1.22. The van der Waals surface area contributed by atoms with Gasteiger partial charge >= 0.3 is 53.7 Å². The average Bonchev–Trinajstić information content (AvgIpc) is 0.748. The van der Waals surface area contributed by atoms with E-state index >= 15 is 4.79 Å². The highest BCUT2D eigenvalue weighted by molar-refractivity contribution is 5.81. The van der Waals surface area contributed by atoms with E-state index in [1.165, 1.54) is 39.9 Å². The van der Waals surface area contributed by atoms with E-state index in [4.69, 9.17) is 85.3 Å². The summed E-state index contributed by atoms with van der Waals surface area (Å²) in [5.41, 5.74) is 0.356. The van der Waals surface area contributed by atoms with Gasteiger partial charge in [-0.3, -0.25) is 76.7 Å². The van der Waals surface area contributed by atoms with Crippen LogP contribution in [0, 0.1) is 0 Å². The average molecular weight is 1870 g/mol. The van der Waals surface area contributed by atoms with Crippen LogP contribution in [0.3, 0.4) is 0 Å². The minimum atomic E-state index is -1.84. The molecular weight excluding hydrogens is 1740 g/mol. The fourth-order valence-corrected chi connectivity index (χ4v) is 15.1. The molecule has 0 aliphatic carbocycles. The van der Waals surface area contributed by atoms with E-state index < -0.39 is 207 Å². The number of hydrogen-bond acceptors (Lipinski definition) is 35. The van der Waals surface area contributed by atoms with Crippen LogP contribution in [0.4, 0.5) is 0 Å². The van der Waals surface area contributed by atoms with Crippen molar-refractivity contribution in [3.8, 4) is 11.5 Å². The largest absolute Gasteiger partial charge is 0.497 e. The molecule has 7 amide bonds. The summed E-state index contributed by atoms with van der Waals surface area (Å²) in [4.78, 5) is 208. The van der Waals surface area contributed by atoms with Crippen LogP contribution in [-0.4, -0.2) is 308 Å². The Morgan fingerprint density at radius 2 is 0.682 bits per heavy atom. The van der Waals surface area contributed by atoms with E-state index in [2.05, 4.69) is 26.6 Å². The molecule has 3 fully saturated rings. The molecule has 3 aromatic rings. The normalized spacial score (nSPS) is 21.7. The van der Waals surface area contributed by atoms with E-state index in [9.17, 15) is 77.0 Å². The first-order valence-electron chi connectivity index (χ1n) is 43.7. The van der Waals surface area contributed by atoms with Crippen molar-refractivity contribution in [1.29, 1.82) is 0 Å². The molecule has 6 N–H and O–H groups in total. The summed E-state index contributed by atoms with van der Waals surface area (Å²) in [5.74, 6) is -9.48. The molecule has 42 heteroatoms. The number of rotatable bonds is 54. The van der Waals surface area contributed by atoms with Gasteiger partial charge in [-0.1, -0.05) is 54.6 Å². The number of aliphatic hydroxyl groups excluding tert-OH is 1. The summed E-state index contributed by atoms with van der Waals surface area (Å²) >= 11 is 0. The molecule has 0 aromatic heterocycles. The third-order valence-electron chi connectivity index (χ3n) is 20.7. The molecule has 0 radical (unpaired) electrons. The van der Waals surface area contributed by atoms with E-state index in [1.807, 2.05) is 54.6 Å². The fourth-order valence-electron chi connectivity index (χ4n) is 15.1. The van der Waals surface area contributed by atoms with Crippen LogP contribution in [0.25, 0.3) is 0 Å². The monoisotopic (exact) mass is 1870 g/mol. The maximum absolute atomic E-state index is 15.2. The van der Waals surface area contributed by atoms with Crippen molar-refractivity contribution in [1.82, 2.24) is 36.4 Å². The minimum Gasteiger partial charge on any atom is -0.497 e. The number of nitrogens with one attached hydrogen (secondary N) is 5. The van der Waals surface area contributed by atoms with Gasteiger partial charge in [-0.05, 0) is 98.7 Å². The molecule has 0 saturated carbocycles. The Bertz CT molecular complexity index is 4230. The molecule has 16 atom stereocenters. The smallest absolute Gasteiger partial charge is 0.303 e. The molecule has 0 bridgehead atoms. The molecule has 3 aromatic carbocycles. The topological polar surface area (TPSA) is 526 Å². The van der Waals surface area contributed by atoms with Crippen molar-refractivity contribution in [2.75, 3.05) is 99.7 Å². The van der Waals surface area contributed by atoms with E-state index in [1.54, 1.807) is 29.2 Å². The lowest BCUT2D eigenvalue weighted by Crippen LogP contribution is -2.66. The Morgan fingerprint density at radius 1 is 0.371 bits per heavy atom. The van der Waals surface area contributed by atoms with Crippen molar-refractivity contribution in [2.24, 2.45) is 0 Å². The number of benzene rings is 3. The maximum Gasteiger partial charge on any atom is 0.303 e. The number of ether oxygens (including phenoxy) is 18. The summed E-state index contributed by atoms with van der Waals surface area (Å²) < 4.78 is 104. The van der Waals surface area contributed by atoms with E-state index in [-0.39, 0.29) is 154 Å². The van der Waals surface area contributed by atoms with Crippen molar-refractivity contribution in [3.63, 3.8) is 0 Å². The third kappa shape index (κ3) is 36.6. The first kappa shape index (κ1) is 109. The number of amides is 7. The van der Waals surface area contributed by atoms with Gasteiger partial charge in [-0.15, -0.1) is 0 Å². The molecule has 42 nitrogen and oxygen atoms in total. The summed E-state index contributed by atoms with van der Waals surface area (Å²) in [5, 5.41) is 26.0. The third-order valence-corrected chi connectivity index (χ3v) is 20.7. The van der Waals surface area contributed by atoms with Crippen LogP contribution in [0.5, 0.6) is 11.5 Å². The number of esters is 9. The second-order valence-corrected chi connectivity index (χ2v) is 31.4. The number of unbranched alkanes of at least 4 members (excludes halogenated alkanes) is 3. The van der Waals surface area contributed by atoms with Crippen LogP contribution in [0.15, 0.2) is 78.9 Å². The number of aliphatic hydroxyl groups is 1. The quantitative estimate of drug-likeness (QED) is 0.0205. The predicted octanol–water partition coefficient (Wildman–Crippen LogP) is 2.96. The summed E-state index contributed by atoms with van der Waals surface area (Å²) in [6.45, 7) is 11.4.